The highest BCUT2D eigenvalue weighted by atomic mass is 16.3. The van der Waals surface area contributed by atoms with Crippen LogP contribution in [0.15, 0.2) is 152 Å². The van der Waals surface area contributed by atoms with Gasteiger partial charge in [-0.3, -0.25) is 0 Å². The largest absolute Gasteiger partial charge is 0.392 e. The first-order valence-electron chi connectivity index (χ1n) is 16.8. The lowest BCUT2D eigenvalue weighted by Gasteiger charge is -2.05. The number of fused-ring (bicyclic) bond motifs is 5. The quantitative estimate of drug-likeness (QED) is 0.102. The molecule has 51 heavy (non-hydrogen) atoms. The van der Waals surface area contributed by atoms with Gasteiger partial charge < -0.3 is 30.0 Å². The predicted octanol–water partition coefficient (Wildman–Crippen LogP) is 10.2. The molecule has 0 aliphatic heterocycles. The van der Waals surface area contributed by atoms with Gasteiger partial charge in [0.05, 0.1) is 6.61 Å². The summed E-state index contributed by atoms with van der Waals surface area (Å²) in [5.41, 5.74) is 12.2. The molecule has 0 atom stereocenters. The van der Waals surface area contributed by atoms with Gasteiger partial charge in [-0.2, -0.15) is 0 Å². The first-order chi connectivity index (χ1) is 25.2. The summed E-state index contributed by atoms with van der Waals surface area (Å²) >= 11 is 0. The van der Waals surface area contributed by atoms with Crippen LogP contribution in [-0.2, 0) is 19.4 Å². The van der Waals surface area contributed by atoms with Crippen molar-refractivity contribution in [1.82, 2.24) is 24.9 Å². The molecule has 0 aliphatic rings. The van der Waals surface area contributed by atoms with Crippen LogP contribution < -0.4 is 0 Å². The van der Waals surface area contributed by atoms with Gasteiger partial charge in [-0.25, -0.2) is 0 Å². The van der Waals surface area contributed by atoms with Crippen LogP contribution in [0.2, 0.25) is 0 Å². The van der Waals surface area contributed by atoms with Crippen LogP contribution in [0.25, 0.3) is 54.5 Å². The normalized spacial score (nSPS) is 10.8. The molecular formula is C43H37N7O. The van der Waals surface area contributed by atoms with Crippen molar-refractivity contribution in [1.29, 1.82) is 10.8 Å². The van der Waals surface area contributed by atoms with Crippen molar-refractivity contribution in [3.63, 3.8) is 0 Å². The lowest BCUT2D eigenvalue weighted by atomic mass is 9.98. The van der Waals surface area contributed by atoms with Crippen LogP contribution in [0.5, 0.6) is 0 Å². The van der Waals surface area contributed by atoms with Gasteiger partial charge in [0.2, 0.25) is 0 Å². The molecule has 250 valence electrons. The van der Waals surface area contributed by atoms with E-state index in [1.54, 1.807) is 0 Å². The van der Waals surface area contributed by atoms with E-state index in [0.717, 1.165) is 29.3 Å². The molecule has 5 aromatic carbocycles. The molecule has 0 bridgehead atoms. The number of para-hydroxylation sites is 5. The van der Waals surface area contributed by atoms with Crippen molar-refractivity contribution in [3.05, 3.63) is 180 Å². The van der Waals surface area contributed by atoms with E-state index in [-0.39, 0.29) is 6.61 Å². The summed E-state index contributed by atoms with van der Waals surface area (Å²) < 4.78 is 0. The Balaban J connectivity index is 0.000000150. The number of hydrogen-bond donors (Lipinski definition) is 6. The van der Waals surface area contributed by atoms with Gasteiger partial charge >= 0.3 is 0 Å². The van der Waals surface area contributed by atoms with Gasteiger partial charge in [-0.05, 0) is 58.5 Å². The third-order valence-electron chi connectivity index (χ3n) is 9.29. The zero-order chi connectivity index (χ0) is 35.0. The van der Waals surface area contributed by atoms with Crippen LogP contribution in [0.3, 0.4) is 0 Å². The number of rotatable bonds is 5. The molecule has 10 aromatic rings. The van der Waals surface area contributed by atoms with Crippen molar-refractivity contribution in [2.45, 2.75) is 19.4 Å². The van der Waals surface area contributed by atoms with Crippen LogP contribution in [0.1, 0.15) is 27.9 Å². The monoisotopic (exact) mass is 667 g/mol. The molecule has 0 aliphatic carbocycles. The fourth-order valence-electron chi connectivity index (χ4n) is 6.80. The summed E-state index contributed by atoms with van der Waals surface area (Å²) in [7, 11) is 0. The lowest BCUT2D eigenvalue weighted by Crippen LogP contribution is -1.95. The van der Waals surface area contributed by atoms with E-state index in [4.69, 9.17) is 15.9 Å². The molecule has 0 saturated carbocycles. The Hall–Kier alpha value is -6.82. The summed E-state index contributed by atoms with van der Waals surface area (Å²) in [4.78, 5) is 16.7. The summed E-state index contributed by atoms with van der Waals surface area (Å²) in [6, 6.07) is 43.9. The van der Waals surface area contributed by atoms with E-state index in [1.807, 2.05) is 48.8 Å². The maximum Gasteiger partial charge on any atom is 0.0702 e. The fourth-order valence-corrected chi connectivity index (χ4v) is 6.80. The third kappa shape index (κ3) is 6.88. The second-order valence-electron chi connectivity index (χ2n) is 12.3. The first kappa shape index (κ1) is 32.7. The van der Waals surface area contributed by atoms with Crippen LogP contribution in [0, 0.1) is 10.8 Å². The number of aromatic amines is 5. The van der Waals surface area contributed by atoms with Gasteiger partial charge in [-0.1, -0.05) is 91.0 Å². The maximum absolute atomic E-state index is 8.90. The highest BCUT2D eigenvalue weighted by molar-refractivity contribution is 5.89. The Morgan fingerprint density at radius 3 is 1.45 bits per heavy atom. The Kier molecular flexibility index (Phi) is 9.73. The molecule has 0 unspecified atom stereocenters. The molecule has 0 saturated heterocycles. The van der Waals surface area contributed by atoms with Gasteiger partial charge in [-0.15, -0.1) is 0 Å². The van der Waals surface area contributed by atoms with Crippen LogP contribution in [-0.4, -0.2) is 30.0 Å². The average Bonchev–Trinajstić information content (AvgIpc) is 4.04. The smallest absolute Gasteiger partial charge is 0.0702 e. The minimum Gasteiger partial charge on any atom is -0.392 e. The minimum atomic E-state index is 0.101. The number of benzene rings is 5. The van der Waals surface area contributed by atoms with E-state index < -0.39 is 0 Å². The molecular weight excluding hydrogens is 631 g/mol. The second-order valence-corrected chi connectivity index (χ2v) is 12.3. The molecule has 0 fully saturated rings. The summed E-state index contributed by atoms with van der Waals surface area (Å²) in [5.74, 6) is 0. The third-order valence-corrected chi connectivity index (χ3v) is 9.29. The van der Waals surface area contributed by atoms with E-state index >= 15 is 0 Å². The molecule has 8 heteroatoms. The number of aliphatic hydroxyl groups is 1. The Morgan fingerprint density at radius 1 is 0.431 bits per heavy atom. The van der Waals surface area contributed by atoms with Crippen molar-refractivity contribution in [2.24, 2.45) is 0 Å². The number of H-pyrrole nitrogens is 5. The summed E-state index contributed by atoms with van der Waals surface area (Å²) in [5, 5.41) is 27.2. The zero-order valence-electron chi connectivity index (χ0n) is 27.9. The van der Waals surface area contributed by atoms with Crippen molar-refractivity contribution >= 4 is 54.5 Å². The minimum absolute atomic E-state index is 0.101. The average molecular weight is 668 g/mol. The number of hydrogen-bond acceptors (Lipinski definition) is 3. The van der Waals surface area contributed by atoms with E-state index in [1.165, 1.54) is 66.0 Å². The Labute approximate surface area is 294 Å². The second kappa shape index (κ2) is 15.2. The van der Waals surface area contributed by atoms with Crippen LogP contribution >= 0.6 is 0 Å². The molecule has 5 heterocycles. The molecule has 0 amide bonds. The topological polar surface area (TPSA) is 147 Å². The lowest BCUT2D eigenvalue weighted by molar-refractivity contribution is 0.283. The van der Waals surface area contributed by atoms with E-state index in [0.29, 0.717) is 0 Å². The SMILES string of the molecule is N#N.OCc1c[nH]c2ccccc12.c1ccc2[nH]ccc2c1.c1ccc2c(Cc3[nH]c4ccccc4c3Cc3c[nH]c4ccccc34)c[nH]c2c1. The standard InChI is InChI=1S/C26H21N3.C9H9NO.C8H7N.N2/c1-4-10-23-19(7-1)17(15-27-23)13-22-21-9-3-6-12-25(21)29-26(22)14-18-16-28-24-11-5-2-8-20(18)24;11-6-7-5-10-9-4-2-1-3-8(7)9;1-2-4-8-7(3-1)5-6-9-8;1-2/h1-12,15-16,27-29H,13-14H2;1-5,10-11H,6H2;1-6,9H;. The number of aromatic nitrogens is 5. The molecule has 5 aromatic heterocycles. The zero-order valence-corrected chi connectivity index (χ0v) is 27.9. The van der Waals surface area contributed by atoms with Gasteiger partial charge in [0.15, 0.2) is 0 Å². The van der Waals surface area contributed by atoms with Gasteiger partial charge in [0.1, 0.15) is 0 Å². The highest BCUT2D eigenvalue weighted by Crippen LogP contribution is 2.31. The van der Waals surface area contributed by atoms with Gasteiger partial charge in [0, 0.05) is 109 Å². The molecule has 0 spiro atoms. The van der Waals surface area contributed by atoms with E-state index in [9.17, 15) is 0 Å². The van der Waals surface area contributed by atoms with Crippen LogP contribution in [0.4, 0.5) is 0 Å². The molecule has 6 N–H and O–H groups in total. The molecule has 8 nitrogen and oxygen atoms in total. The first-order valence-corrected chi connectivity index (χ1v) is 16.8. The predicted molar refractivity (Wildman–Crippen MR) is 206 cm³/mol. The van der Waals surface area contributed by atoms with Crippen molar-refractivity contribution < 1.29 is 5.11 Å². The number of nitrogens with zero attached hydrogens (tertiary/aromatic N) is 2. The number of aliphatic hydroxyl groups excluding tert-OH is 1. The maximum atomic E-state index is 8.90. The summed E-state index contributed by atoms with van der Waals surface area (Å²) in [6.45, 7) is 0.101. The van der Waals surface area contributed by atoms with Crippen molar-refractivity contribution in [2.75, 3.05) is 0 Å². The van der Waals surface area contributed by atoms with E-state index in [2.05, 4.69) is 128 Å². The molecule has 0 radical (unpaired) electrons. The van der Waals surface area contributed by atoms with Crippen molar-refractivity contribution in [3.8, 4) is 0 Å². The molecule has 10 rings (SSSR count). The Bertz CT molecular complexity index is 2650. The highest BCUT2D eigenvalue weighted by Gasteiger charge is 2.16. The van der Waals surface area contributed by atoms with Gasteiger partial charge in [0.25, 0.3) is 0 Å². The Morgan fingerprint density at radius 2 is 0.882 bits per heavy atom. The summed E-state index contributed by atoms with van der Waals surface area (Å²) in [6.07, 6.45) is 9.88. The fraction of sp³-hybridized carbons (Fsp3) is 0.0698. The number of nitrogens with one attached hydrogen (secondary N) is 5.